The Balaban J connectivity index is 0. The molecule has 0 fully saturated rings. The van der Waals surface area contributed by atoms with Gasteiger partial charge in [-0.15, -0.1) is 0 Å². The molecule has 3 nitrogen and oxygen atoms in total. The Kier molecular flexibility index (Phi) is 5.17. The number of rotatable bonds is 2. The summed E-state index contributed by atoms with van der Waals surface area (Å²) in [7, 11) is 6.40. The first-order chi connectivity index (χ1) is 3.06. The van der Waals surface area contributed by atoms with Gasteiger partial charge in [0.25, 0.3) is 0 Å². The molecule has 0 aromatic rings. The molecule has 52 valence electrons. The topological polar surface area (TPSA) is 56.0 Å². The molecule has 0 spiro atoms. The molecule has 0 atom stereocenters. The smallest absolute Gasteiger partial charge is 0.0905 e. The molecule has 0 unspecified atom stereocenters. The number of hydrogen-bond donors (Lipinski definition) is 1. The first-order valence-electron chi connectivity index (χ1n) is 2.57. The largest absolute Gasteiger partial charge is 0.870 e. The summed E-state index contributed by atoms with van der Waals surface area (Å²) < 4.78 is 0.969. The number of likely N-dealkylation sites (N-methyl/N-ethyl adjacent to an activating group) is 1. The van der Waals surface area contributed by atoms with E-state index in [9.17, 15) is 0 Å². The van der Waals surface area contributed by atoms with Gasteiger partial charge in [-0.1, -0.05) is 0 Å². The standard InChI is InChI=1S/C5H15N2.H2O/c1-7(2,3)5-4-6;/h4-6H2,1-3H3;1H2/q+1;/p-1. The predicted molar refractivity (Wildman–Crippen MR) is 33.9 cm³/mol. The molecule has 0 aliphatic carbocycles. The van der Waals surface area contributed by atoms with Crippen molar-refractivity contribution < 1.29 is 9.96 Å². The van der Waals surface area contributed by atoms with Gasteiger partial charge in [-0.05, 0) is 0 Å². The van der Waals surface area contributed by atoms with Crippen molar-refractivity contribution in [3.05, 3.63) is 0 Å². The van der Waals surface area contributed by atoms with Gasteiger partial charge in [0.05, 0.1) is 27.7 Å². The van der Waals surface area contributed by atoms with Gasteiger partial charge in [0.1, 0.15) is 0 Å². The zero-order valence-corrected chi connectivity index (χ0v) is 5.89. The molecule has 0 aliphatic heterocycles. The zero-order valence-electron chi connectivity index (χ0n) is 5.89. The first kappa shape index (κ1) is 10.8. The average molecular weight is 120 g/mol. The monoisotopic (exact) mass is 120 g/mol. The van der Waals surface area contributed by atoms with E-state index in [1.807, 2.05) is 0 Å². The van der Waals surface area contributed by atoms with Crippen molar-refractivity contribution in [3.8, 4) is 0 Å². The minimum absolute atomic E-state index is 0. The second-order valence-electron chi connectivity index (χ2n) is 2.80. The Morgan fingerprint density at radius 1 is 1.25 bits per heavy atom. The predicted octanol–water partition coefficient (Wildman–Crippen LogP) is -0.525. The van der Waals surface area contributed by atoms with Crippen molar-refractivity contribution in [3.63, 3.8) is 0 Å². The van der Waals surface area contributed by atoms with E-state index < -0.39 is 0 Å². The summed E-state index contributed by atoms with van der Waals surface area (Å²) in [5.74, 6) is 0. The molecule has 3 N–H and O–H groups in total. The van der Waals surface area contributed by atoms with Crippen molar-refractivity contribution in [1.82, 2.24) is 0 Å². The molecule has 3 heteroatoms. The van der Waals surface area contributed by atoms with Gasteiger partial charge in [0.2, 0.25) is 0 Å². The lowest BCUT2D eigenvalue weighted by atomic mass is 10.5. The molecule has 0 radical (unpaired) electrons. The Morgan fingerprint density at radius 2 is 1.62 bits per heavy atom. The molecule has 0 aliphatic rings. The third-order valence-corrected chi connectivity index (χ3v) is 0.800. The maximum absolute atomic E-state index is 5.30. The van der Waals surface area contributed by atoms with Crippen molar-refractivity contribution in [2.75, 3.05) is 34.2 Å². The molecule has 0 amide bonds. The molecule has 0 aromatic carbocycles. The van der Waals surface area contributed by atoms with Gasteiger partial charge < -0.3 is 15.7 Å². The molecule has 0 saturated heterocycles. The number of nitrogens with two attached hydrogens (primary N) is 1. The second kappa shape index (κ2) is 3.83. The van der Waals surface area contributed by atoms with E-state index >= 15 is 0 Å². The summed E-state index contributed by atoms with van der Waals surface area (Å²) in [6.07, 6.45) is 0. The normalized spacial score (nSPS) is 10.5. The number of quaternary nitrogens is 1. The van der Waals surface area contributed by atoms with Crippen LogP contribution in [-0.2, 0) is 0 Å². The van der Waals surface area contributed by atoms with Gasteiger partial charge in [-0.2, -0.15) is 0 Å². The third kappa shape index (κ3) is 9.30. The van der Waals surface area contributed by atoms with E-state index in [0.717, 1.165) is 17.6 Å². The van der Waals surface area contributed by atoms with E-state index in [2.05, 4.69) is 21.1 Å². The van der Waals surface area contributed by atoms with Crippen LogP contribution < -0.4 is 5.73 Å². The summed E-state index contributed by atoms with van der Waals surface area (Å²) in [5.41, 5.74) is 5.30. The fourth-order valence-corrected chi connectivity index (χ4v) is 0.387. The van der Waals surface area contributed by atoms with Crippen molar-refractivity contribution in [1.29, 1.82) is 0 Å². The van der Waals surface area contributed by atoms with E-state index in [0.29, 0.717) is 0 Å². The van der Waals surface area contributed by atoms with E-state index in [-0.39, 0.29) is 5.48 Å². The zero-order chi connectivity index (χ0) is 5.91. The number of nitrogens with zero attached hydrogens (tertiary/aromatic N) is 1. The molecule has 0 bridgehead atoms. The van der Waals surface area contributed by atoms with Crippen LogP contribution >= 0.6 is 0 Å². The van der Waals surface area contributed by atoms with E-state index in [1.165, 1.54) is 0 Å². The van der Waals surface area contributed by atoms with Crippen LogP contribution in [0.25, 0.3) is 0 Å². The SMILES string of the molecule is C[N+](C)(C)CCN.[OH-]. The Bertz CT molecular complexity index is 48.9. The van der Waals surface area contributed by atoms with E-state index in [1.54, 1.807) is 0 Å². The van der Waals surface area contributed by atoms with Crippen LogP contribution in [0.1, 0.15) is 0 Å². The van der Waals surface area contributed by atoms with Gasteiger partial charge in [-0.25, -0.2) is 0 Å². The van der Waals surface area contributed by atoms with Crippen LogP contribution in [-0.4, -0.2) is 44.2 Å². The average Bonchev–Trinajstić information content (AvgIpc) is 1.30. The highest BCUT2D eigenvalue weighted by molar-refractivity contribution is 4.26. The Labute approximate surface area is 51.0 Å². The highest BCUT2D eigenvalue weighted by Crippen LogP contribution is 1.83. The van der Waals surface area contributed by atoms with Crippen LogP contribution in [0.4, 0.5) is 0 Å². The summed E-state index contributed by atoms with van der Waals surface area (Å²) in [5, 5.41) is 0. The molecule has 0 rings (SSSR count). The highest BCUT2D eigenvalue weighted by Gasteiger charge is 2.01. The minimum atomic E-state index is 0. The summed E-state index contributed by atoms with van der Waals surface area (Å²) in [6, 6.07) is 0. The van der Waals surface area contributed by atoms with Gasteiger partial charge in [0, 0.05) is 6.54 Å². The maximum atomic E-state index is 5.30. The Hall–Kier alpha value is -0.120. The van der Waals surface area contributed by atoms with Crippen LogP contribution in [0.5, 0.6) is 0 Å². The van der Waals surface area contributed by atoms with Gasteiger partial charge in [0.15, 0.2) is 0 Å². The van der Waals surface area contributed by atoms with Crippen LogP contribution in [0.2, 0.25) is 0 Å². The molecule has 0 heterocycles. The fraction of sp³-hybridized carbons (Fsp3) is 1.00. The van der Waals surface area contributed by atoms with Gasteiger partial charge >= 0.3 is 0 Å². The first-order valence-corrected chi connectivity index (χ1v) is 2.57. The molecule has 0 aromatic heterocycles. The van der Waals surface area contributed by atoms with Crippen LogP contribution in [0.15, 0.2) is 0 Å². The lowest BCUT2D eigenvalue weighted by Crippen LogP contribution is -2.38. The molecule has 8 heavy (non-hydrogen) atoms. The van der Waals surface area contributed by atoms with Crippen molar-refractivity contribution in [2.45, 2.75) is 0 Å². The summed E-state index contributed by atoms with van der Waals surface area (Å²) in [4.78, 5) is 0. The van der Waals surface area contributed by atoms with Gasteiger partial charge in [-0.3, -0.25) is 0 Å². The lowest BCUT2D eigenvalue weighted by Gasteiger charge is -2.22. The minimum Gasteiger partial charge on any atom is -0.870 e. The highest BCUT2D eigenvalue weighted by atomic mass is 16.0. The van der Waals surface area contributed by atoms with Crippen LogP contribution in [0, 0.1) is 0 Å². The maximum Gasteiger partial charge on any atom is 0.0905 e. The summed E-state index contributed by atoms with van der Waals surface area (Å²) in [6.45, 7) is 1.84. The van der Waals surface area contributed by atoms with Crippen molar-refractivity contribution >= 4 is 0 Å². The lowest BCUT2D eigenvalue weighted by molar-refractivity contribution is -0.868. The third-order valence-electron chi connectivity index (χ3n) is 0.800. The van der Waals surface area contributed by atoms with Crippen LogP contribution in [0.3, 0.4) is 0 Å². The second-order valence-corrected chi connectivity index (χ2v) is 2.80. The van der Waals surface area contributed by atoms with Crippen molar-refractivity contribution in [2.24, 2.45) is 5.73 Å². The number of hydrogen-bond acceptors (Lipinski definition) is 2. The molecular weight excluding hydrogens is 104 g/mol. The quantitative estimate of drug-likeness (QED) is 0.498. The Morgan fingerprint density at radius 3 is 1.62 bits per heavy atom. The fourth-order valence-electron chi connectivity index (χ4n) is 0.387. The summed E-state index contributed by atoms with van der Waals surface area (Å²) >= 11 is 0. The molecular formula is C5H16N2O. The van der Waals surface area contributed by atoms with E-state index in [4.69, 9.17) is 5.73 Å². The molecule has 0 saturated carbocycles.